The number of ether oxygens (including phenoxy) is 1. The standard InChI is InChI=1S/C27H25F3N4O2/c1-36-17-26-15-33(25(35)19-5-7-24-18(11-19)3-2-9-32-24)10-8-21(26)14-34(16-26)22-6-4-20(13-31)23(12-22)27(28,29)30/h2-7,9,11-12,21H,8,10,14-17H2,1H3/t21-,26+/m1/s1. The maximum Gasteiger partial charge on any atom is 0.417 e. The maximum atomic E-state index is 13.6. The molecule has 2 saturated heterocycles. The third-order valence-corrected chi connectivity index (χ3v) is 7.43. The highest BCUT2D eigenvalue weighted by molar-refractivity contribution is 5.98. The summed E-state index contributed by atoms with van der Waals surface area (Å²) in [6.45, 7) is 2.43. The molecule has 2 fully saturated rings. The molecule has 2 aromatic carbocycles. The zero-order valence-electron chi connectivity index (χ0n) is 19.8. The fourth-order valence-electron chi connectivity index (χ4n) is 5.70. The summed E-state index contributed by atoms with van der Waals surface area (Å²) in [6.07, 6.45) is -2.18. The largest absolute Gasteiger partial charge is 0.417 e. The molecular formula is C27H25F3N4O2. The molecule has 9 heteroatoms. The highest BCUT2D eigenvalue weighted by Crippen LogP contribution is 2.45. The predicted octanol–water partition coefficient (Wildman–Crippen LogP) is 4.74. The van der Waals surface area contributed by atoms with Crippen LogP contribution in [0.4, 0.5) is 18.9 Å². The Labute approximate surface area is 206 Å². The van der Waals surface area contributed by atoms with Crippen LogP contribution < -0.4 is 4.90 Å². The first-order valence-corrected chi connectivity index (χ1v) is 11.7. The van der Waals surface area contributed by atoms with Gasteiger partial charge in [-0.05, 0) is 54.8 Å². The number of anilines is 1. The number of carbonyl (C=O) groups is 1. The van der Waals surface area contributed by atoms with Gasteiger partial charge in [-0.25, -0.2) is 0 Å². The average molecular weight is 495 g/mol. The second kappa shape index (κ2) is 9.10. The van der Waals surface area contributed by atoms with E-state index in [0.29, 0.717) is 44.0 Å². The van der Waals surface area contributed by atoms with Gasteiger partial charge in [0.2, 0.25) is 0 Å². The minimum Gasteiger partial charge on any atom is -0.384 e. The Bertz CT molecular complexity index is 1350. The van der Waals surface area contributed by atoms with Crippen molar-refractivity contribution in [3.05, 3.63) is 71.4 Å². The Hall–Kier alpha value is -3.64. The van der Waals surface area contributed by atoms with Crippen molar-refractivity contribution in [1.82, 2.24) is 9.88 Å². The molecule has 0 saturated carbocycles. The van der Waals surface area contributed by atoms with Crippen molar-refractivity contribution < 1.29 is 22.7 Å². The first-order chi connectivity index (χ1) is 17.2. The Morgan fingerprint density at radius 3 is 2.81 bits per heavy atom. The number of fused-ring (bicyclic) bond motifs is 2. The van der Waals surface area contributed by atoms with Gasteiger partial charge in [-0.15, -0.1) is 0 Å². The van der Waals surface area contributed by atoms with Crippen molar-refractivity contribution >= 4 is 22.5 Å². The van der Waals surface area contributed by atoms with Gasteiger partial charge in [0.25, 0.3) is 5.91 Å². The van der Waals surface area contributed by atoms with E-state index >= 15 is 0 Å². The summed E-state index contributed by atoms with van der Waals surface area (Å²) in [4.78, 5) is 21.5. The van der Waals surface area contributed by atoms with E-state index in [0.717, 1.165) is 23.4 Å². The van der Waals surface area contributed by atoms with E-state index in [1.807, 2.05) is 34.1 Å². The quantitative estimate of drug-likeness (QED) is 0.524. The molecule has 3 aromatic rings. The van der Waals surface area contributed by atoms with Crippen LogP contribution in [-0.4, -0.2) is 55.7 Å². The molecule has 0 spiro atoms. The molecule has 3 heterocycles. The fourth-order valence-corrected chi connectivity index (χ4v) is 5.70. The molecule has 0 N–H and O–H groups in total. The van der Waals surface area contributed by atoms with Crippen LogP contribution in [0.25, 0.3) is 10.9 Å². The van der Waals surface area contributed by atoms with E-state index in [-0.39, 0.29) is 11.8 Å². The molecule has 186 valence electrons. The van der Waals surface area contributed by atoms with Gasteiger partial charge >= 0.3 is 6.18 Å². The van der Waals surface area contributed by atoms with Crippen LogP contribution in [0.15, 0.2) is 54.7 Å². The number of alkyl halides is 3. The molecular weight excluding hydrogens is 469 g/mol. The minimum atomic E-state index is -4.61. The van der Waals surface area contributed by atoms with Crippen LogP contribution in [0.5, 0.6) is 0 Å². The molecule has 0 unspecified atom stereocenters. The highest BCUT2D eigenvalue weighted by atomic mass is 19.4. The SMILES string of the molecule is COC[C@@]12CN(C(=O)c3ccc4ncccc4c3)CC[C@@H]1CN(c1ccc(C#N)c(C(F)(F)F)c1)C2. The number of likely N-dealkylation sites (tertiary alicyclic amines) is 1. The van der Waals surface area contributed by atoms with Crippen molar-refractivity contribution in [1.29, 1.82) is 5.26 Å². The van der Waals surface area contributed by atoms with E-state index < -0.39 is 22.7 Å². The molecule has 0 bridgehead atoms. The number of benzene rings is 2. The number of carbonyl (C=O) groups excluding carboxylic acids is 1. The van der Waals surface area contributed by atoms with E-state index in [4.69, 9.17) is 10.00 Å². The van der Waals surface area contributed by atoms with Crippen molar-refractivity contribution in [2.75, 3.05) is 44.8 Å². The van der Waals surface area contributed by atoms with Gasteiger partial charge < -0.3 is 14.5 Å². The summed E-state index contributed by atoms with van der Waals surface area (Å²) in [7, 11) is 1.61. The molecule has 0 radical (unpaired) electrons. The molecule has 0 aliphatic carbocycles. The lowest BCUT2D eigenvalue weighted by atomic mass is 9.73. The Morgan fingerprint density at radius 1 is 1.22 bits per heavy atom. The molecule has 2 aliphatic rings. The fraction of sp³-hybridized carbons (Fsp3) is 0.370. The normalized spacial score (nSPS) is 21.9. The predicted molar refractivity (Wildman–Crippen MR) is 128 cm³/mol. The number of halogens is 3. The third-order valence-electron chi connectivity index (χ3n) is 7.43. The average Bonchev–Trinajstić information content (AvgIpc) is 3.26. The number of nitriles is 1. The second-order valence-corrected chi connectivity index (χ2v) is 9.64. The number of hydrogen-bond acceptors (Lipinski definition) is 5. The highest BCUT2D eigenvalue weighted by Gasteiger charge is 2.51. The van der Waals surface area contributed by atoms with Crippen molar-refractivity contribution in [3.8, 4) is 6.07 Å². The summed E-state index contributed by atoms with van der Waals surface area (Å²) >= 11 is 0. The second-order valence-electron chi connectivity index (χ2n) is 9.64. The van der Waals surface area contributed by atoms with E-state index in [1.54, 1.807) is 31.5 Å². The molecule has 5 rings (SSSR count). The maximum absolute atomic E-state index is 13.6. The third kappa shape index (κ3) is 4.26. The van der Waals surface area contributed by atoms with Crippen LogP contribution >= 0.6 is 0 Å². The molecule has 2 aliphatic heterocycles. The Morgan fingerprint density at radius 2 is 2.06 bits per heavy atom. The van der Waals surface area contributed by atoms with Crippen LogP contribution in [0, 0.1) is 22.7 Å². The lowest BCUT2D eigenvalue weighted by molar-refractivity contribution is -0.137. The lowest BCUT2D eigenvalue weighted by Gasteiger charge is -2.43. The monoisotopic (exact) mass is 494 g/mol. The van der Waals surface area contributed by atoms with Gasteiger partial charge in [-0.2, -0.15) is 18.4 Å². The van der Waals surface area contributed by atoms with Gasteiger partial charge in [0.15, 0.2) is 0 Å². The molecule has 6 nitrogen and oxygen atoms in total. The zero-order valence-corrected chi connectivity index (χ0v) is 19.8. The number of amides is 1. The van der Waals surface area contributed by atoms with Crippen LogP contribution in [0.3, 0.4) is 0 Å². The van der Waals surface area contributed by atoms with Gasteiger partial charge in [-0.3, -0.25) is 9.78 Å². The van der Waals surface area contributed by atoms with Crippen molar-refractivity contribution in [2.24, 2.45) is 11.3 Å². The minimum absolute atomic E-state index is 0.0779. The van der Waals surface area contributed by atoms with Crippen molar-refractivity contribution in [3.63, 3.8) is 0 Å². The summed E-state index contributed by atoms with van der Waals surface area (Å²) in [5.74, 6) is 0.0816. The number of aromatic nitrogens is 1. The van der Waals surface area contributed by atoms with E-state index in [1.165, 1.54) is 6.07 Å². The summed E-state index contributed by atoms with van der Waals surface area (Å²) in [5.41, 5.74) is 0.0885. The van der Waals surface area contributed by atoms with Gasteiger partial charge in [-0.1, -0.05) is 6.07 Å². The van der Waals surface area contributed by atoms with Gasteiger partial charge in [0.1, 0.15) is 0 Å². The van der Waals surface area contributed by atoms with Gasteiger partial charge in [0.05, 0.1) is 29.3 Å². The molecule has 1 aromatic heterocycles. The van der Waals surface area contributed by atoms with E-state index in [2.05, 4.69) is 4.98 Å². The zero-order chi connectivity index (χ0) is 25.5. The topological polar surface area (TPSA) is 69.5 Å². The van der Waals surface area contributed by atoms with Crippen molar-refractivity contribution in [2.45, 2.75) is 12.6 Å². The first-order valence-electron chi connectivity index (χ1n) is 11.7. The summed E-state index contributed by atoms with van der Waals surface area (Å²) in [6, 6.07) is 14.7. The smallest absolute Gasteiger partial charge is 0.384 e. The molecule has 2 atom stereocenters. The number of hydrogen-bond donors (Lipinski definition) is 0. The summed E-state index contributed by atoms with van der Waals surface area (Å²) in [5, 5.41) is 10.0. The van der Waals surface area contributed by atoms with Crippen LogP contribution in [0.2, 0.25) is 0 Å². The Balaban J connectivity index is 1.41. The van der Waals surface area contributed by atoms with Gasteiger partial charge in [0, 0.05) is 61.5 Å². The number of piperidine rings is 1. The Kier molecular flexibility index (Phi) is 6.08. The molecule has 1 amide bonds. The van der Waals surface area contributed by atoms with Crippen LogP contribution in [-0.2, 0) is 10.9 Å². The first kappa shape index (κ1) is 24.1. The number of methoxy groups -OCH3 is 1. The van der Waals surface area contributed by atoms with E-state index in [9.17, 15) is 18.0 Å². The molecule has 36 heavy (non-hydrogen) atoms. The number of nitrogens with zero attached hydrogens (tertiary/aromatic N) is 4. The van der Waals surface area contributed by atoms with Crippen LogP contribution in [0.1, 0.15) is 27.9 Å². The lowest BCUT2D eigenvalue weighted by Crippen LogP contribution is -2.53. The summed E-state index contributed by atoms with van der Waals surface area (Å²) < 4.78 is 46.2. The number of pyridine rings is 1. The number of rotatable bonds is 4.